The number of likely N-dealkylation sites (tertiary alicyclic amines) is 1. The summed E-state index contributed by atoms with van der Waals surface area (Å²) in [4.78, 5) is 26.9. The number of nitrogens with zero attached hydrogens (tertiary/aromatic N) is 2. The Morgan fingerprint density at radius 3 is 2.67 bits per heavy atom. The summed E-state index contributed by atoms with van der Waals surface area (Å²) < 4.78 is 5.49. The Balaban J connectivity index is 1.78. The number of carbonyl (C=O) groups is 2. The molecule has 1 aliphatic rings. The van der Waals surface area contributed by atoms with Gasteiger partial charge in [-0.3, -0.25) is 14.5 Å². The molecule has 0 spiro atoms. The van der Waals surface area contributed by atoms with E-state index in [9.17, 15) is 9.59 Å². The third-order valence-corrected chi connectivity index (χ3v) is 4.47. The number of rotatable bonds is 7. The number of halogens is 1. The van der Waals surface area contributed by atoms with E-state index in [0.717, 1.165) is 12.8 Å². The summed E-state index contributed by atoms with van der Waals surface area (Å²) >= 11 is 5.88. The van der Waals surface area contributed by atoms with Gasteiger partial charge in [0.2, 0.25) is 0 Å². The standard InChI is InChI=1S/C17H23ClN2O4/c1-2-19(11-17(22)23)14-6-8-20(9-7-14)16(21)12-24-15-5-3-4-13(18)10-15/h3-5,10,14H,2,6-9,11-12H2,1H3,(H,22,23). The van der Waals surface area contributed by atoms with Crippen molar-refractivity contribution < 1.29 is 19.4 Å². The molecule has 1 aromatic carbocycles. The summed E-state index contributed by atoms with van der Waals surface area (Å²) in [5.74, 6) is -0.302. The fourth-order valence-electron chi connectivity index (χ4n) is 2.95. The minimum absolute atomic E-state index is 0.0162. The monoisotopic (exact) mass is 354 g/mol. The molecule has 24 heavy (non-hydrogen) atoms. The summed E-state index contributed by atoms with van der Waals surface area (Å²) in [5, 5.41) is 9.52. The van der Waals surface area contributed by atoms with Crippen molar-refractivity contribution in [2.75, 3.05) is 32.8 Å². The lowest BCUT2D eigenvalue weighted by atomic mass is 10.0. The molecule has 2 rings (SSSR count). The number of amides is 1. The van der Waals surface area contributed by atoms with Crippen LogP contribution in [0.15, 0.2) is 24.3 Å². The number of piperidine rings is 1. The van der Waals surface area contributed by atoms with E-state index in [-0.39, 0.29) is 25.1 Å². The van der Waals surface area contributed by atoms with Gasteiger partial charge in [-0.2, -0.15) is 0 Å². The maximum atomic E-state index is 12.2. The largest absolute Gasteiger partial charge is 0.484 e. The average molecular weight is 355 g/mol. The molecule has 0 radical (unpaired) electrons. The second-order valence-electron chi connectivity index (χ2n) is 5.81. The highest BCUT2D eigenvalue weighted by molar-refractivity contribution is 6.30. The number of ether oxygens (including phenoxy) is 1. The Morgan fingerprint density at radius 2 is 2.08 bits per heavy atom. The number of likely N-dealkylation sites (N-methyl/N-ethyl adjacent to an activating group) is 1. The maximum Gasteiger partial charge on any atom is 0.317 e. The molecular weight excluding hydrogens is 332 g/mol. The number of hydrogen-bond donors (Lipinski definition) is 1. The van der Waals surface area contributed by atoms with Crippen LogP contribution in [-0.2, 0) is 9.59 Å². The normalized spacial score (nSPS) is 15.5. The lowest BCUT2D eigenvalue weighted by Crippen LogP contribution is -2.49. The predicted molar refractivity (Wildman–Crippen MR) is 91.4 cm³/mol. The zero-order valence-corrected chi connectivity index (χ0v) is 14.5. The Kier molecular flexibility index (Phi) is 6.87. The van der Waals surface area contributed by atoms with Gasteiger partial charge in [0.15, 0.2) is 6.61 Å². The fraction of sp³-hybridized carbons (Fsp3) is 0.529. The second kappa shape index (κ2) is 8.89. The second-order valence-corrected chi connectivity index (χ2v) is 6.25. The molecule has 0 saturated carbocycles. The minimum Gasteiger partial charge on any atom is -0.484 e. The third kappa shape index (κ3) is 5.39. The van der Waals surface area contributed by atoms with Gasteiger partial charge in [-0.1, -0.05) is 24.6 Å². The quantitative estimate of drug-likeness (QED) is 0.812. The first-order chi connectivity index (χ1) is 11.5. The molecule has 1 amide bonds. The van der Waals surface area contributed by atoms with Crippen LogP contribution in [0.25, 0.3) is 0 Å². The number of hydrogen-bond acceptors (Lipinski definition) is 4. The van der Waals surface area contributed by atoms with Crippen LogP contribution in [0.3, 0.4) is 0 Å². The van der Waals surface area contributed by atoms with E-state index in [1.165, 1.54) is 0 Å². The molecule has 0 atom stereocenters. The molecule has 1 aromatic rings. The Morgan fingerprint density at radius 1 is 1.38 bits per heavy atom. The number of carboxylic acid groups (broad SMARTS) is 1. The molecule has 1 saturated heterocycles. The predicted octanol–water partition coefficient (Wildman–Crippen LogP) is 2.12. The Labute approximate surface area is 146 Å². The molecule has 1 fully saturated rings. The van der Waals surface area contributed by atoms with E-state index in [1.54, 1.807) is 29.2 Å². The van der Waals surface area contributed by atoms with Gasteiger partial charge in [0.1, 0.15) is 5.75 Å². The van der Waals surface area contributed by atoms with Crippen molar-refractivity contribution in [2.24, 2.45) is 0 Å². The summed E-state index contributed by atoms with van der Waals surface area (Å²) in [5.41, 5.74) is 0. The molecule has 6 nitrogen and oxygen atoms in total. The van der Waals surface area contributed by atoms with Crippen LogP contribution in [0.5, 0.6) is 5.75 Å². The highest BCUT2D eigenvalue weighted by Crippen LogP contribution is 2.19. The zero-order chi connectivity index (χ0) is 17.5. The van der Waals surface area contributed by atoms with Gasteiger partial charge >= 0.3 is 5.97 Å². The Bertz CT molecular complexity index is 573. The maximum absolute atomic E-state index is 12.2. The summed E-state index contributed by atoms with van der Waals surface area (Å²) in [6, 6.07) is 7.17. The Hall–Kier alpha value is -1.79. The van der Waals surface area contributed by atoms with Gasteiger partial charge in [0.05, 0.1) is 6.54 Å². The molecule has 1 heterocycles. The molecule has 0 aromatic heterocycles. The zero-order valence-electron chi connectivity index (χ0n) is 13.8. The van der Waals surface area contributed by atoms with Crippen molar-refractivity contribution in [2.45, 2.75) is 25.8 Å². The average Bonchev–Trinajstić information content (AvgIpc) is 2.57. The van der Waals surface area contributed by atoms with E-state index in [1.807, 2.05) is 11.8 Å². The van der Waals surface area contributed by atoms with E-state index >= 15 is 0 Å². The first kappa shape index (κ1) is 18.5. The fourth-order valence-corrected chi connectivity index (χ4v) is 3.13. The lowest BCUT2D eigenvalue weighted by molar-refractivity contribution is -0.140. The summed E-state index contributed by atoms with van der Waals surface area (Å²) in [7, 11) is 0. The molecule has 0 bridgehead atoms. The number of aliphatic carboxylic acids is 1. The molecular formula is C17H23ClN2O4. The smallest absolute Gasteiger partial charge is 0.317 e. The van der Waals surface area contributed by atoms with Crippen molar-refractivity contribution in [3.05, 3.63) is 29.3 Å². The molecule has 0 unspecified atom stereocenters. The number of carbonyl (C=O) groups excluding carboxylic acids is 1. The molecule has 132 valence electrons. The van der Waals surface area contributed by atoms with Gasteiger partial charge in [-0.05, 0) is 37.6 Å². The van der Waals surface area contributed by atoms with Crippen LogP contribution >= 0.6 is 11.6 Å². The SMILES string of the molecule is CCN(CC(=O)O)C1CCN(C(=O)COc2cccc(Cl)c2)CC1. The van der Waals surface area contributed by atoms with E-state index in [4.69, 9.17) is 21.4 Å². The van der Waals surface area contributed by atoms with E-state index in [2.05, 4.69) is 0 Å². The van der Waals surface area contributed by atoms with Crippen molar-refractivity contribution in [1.29, 1.82) is 0 Å². The highest BCUT2D eigenvalue weighted by Gasteiger charge is 2.27. The van der Waals surface area contributed by atoms with Gasteiger partial charge in [0, 0.05) is 24.2 Å². The lowest BCUT2D eigenvalue weighted by Gasteiger charge is -2.37. The van der Waals surface area contributed by atoms with Crippen molar-refractivity contribution in [3.8, 4) is 5.75 Å². The molecule has 7 heteroatoms. The van der Waals surface area contributed by atoms with Crippen LogP contribution in [0.4, 0.5) is 0 Å². The highest BCUT2D eigenvalue weighted by atomic mass is 35.5. The van der Waals surface area contributed by atoms with Crippen LogP contribution in [0.1, 0.15) is 19.8 Å². The summed E-state index contributed by atoms with van der Waals surface area (Å²) in [6.07, 6.45) is 1.56. The third-order valence-electron chi connectivity index (χ3n) is 4.24. The topological polar surface area (TPSA) is 70.1 Å². The van der Waals surface area contributed by atoms with Crippen LogP contribution < -0.4 is 4.74 Å². The molecule has 0 aliphatic carbocycles. The first-order valence-corrected chi connectivity index (χ1v) is 8.49. The van der Waals surface area contributed by atoms with Gasteiger partial charge in [-0.15, -0.1) is 0 Å². The van der Waals surface area contributed by atoms with Crippen molar-refractivity contribution >= 4 is 23.5 Å². The van der Waals surface area contributed by atoms with Gasteiger partial charge in [0.25, 0.3) is 5.91 Å². The van der Waals surface area contributed by atoms with Crippen LogP contribution in [0.2, 0.25) is 5.02 Å². The van der Waals surface area contributed by atoms with Gasteiger partial charge in [-0.25, -0.2) is 0 Å². The first-order valence-electron chi connectivity index (χ1n) is 8.11. The van der Waals surface area contributed by atoms with Crippen molar-refractivity contribution in [3.63, 3.8) is 0 Å². The summed E-state index contributed by atoms with van der Waals surface area (Å²) in [6.45, 7) is 3.93. The number of carboxylic acids is 1. The van der Waals surface area contributed by atoms with Crippen molar-refractivity contribution in [1.82, 2.24) is 9.80 Å². The van der Waals surface area contributed by atoms with Gasteiger partial charge < -0.3 is 14.7 Å². The van der Waals surface area contributed by atoms with E-state index in [0.29, 0.717) is 30.4 Å². The van der Waals surface area contributed by atoms with Crippen LogP contribution in [0, 0.1) is 0 Å². The van der Waals surface area contributed by atoms with E-state index < -0.39 is 5.97 Å². The molecule has 1 N–H and O–H groups in total. The molecule has 1 aliphatic heterocycles. The minimum atomic E-state index is -0.815. The number of benzene rings is 1. The van der Waals surface area contributed by atoms with Crippen LogP contribution in [-0.4, -0.2) is 65.6 Å².